The average molecular weight is 349 g/mol. The maximum absolute atomic E-state index is 11.8. The van der Waals surface area contributed by atoms with Gasteiger partial charge in [0, 0.05) is 18.7 Å². The van der Waals surface area contributed by atoms with Gasteiger partial charge in [-0.15, -0.1) is 0 Å². The Hall–Kier alpha value is -3.08. The average Bonchev–Trinajstić information content (AvgIpc) is 3.14. The van der Waals surface area contributed by atoms with E-state index in [9.17, 15) is 4.79 Å². The first-order chi connectivity index (χ1) is 12.5. The Morgan fingerprint density at radius 2 is 1.65 bits per heavy atom. The standard InChI is InChI=1S/C21H23N3O2/c1-5-26-21(25)24(4)20-13-19(22-23-20)17-10-8-16(9-11-17)18-7-6-14(2)15(3)12-18/h6-13H,5H2,1-4H3,(H,22,23). The van der Waals surface area contributed by atoms with Crippen LogP contribution in [0.15, 0.2) is 48.5 Å². The largest absolute Gasteiger partial charge is 0.449 e. The number of aromatic amines is 1. The zero-order valence-corrected chi connectivity index (χ0v) is 15.5. The zero-order valence-electron chi connectivity index (χ0n) is 15.5. The molecule has 3 aromatic rings. The molecule has 1 N–H and O–H groups in total. The van der Waals surface area contributed by atoms with Crippen molar-refractivity contribution in [2.45, 2.75) is 20.8 Å². The van der Waals surface area contributed by atoms with E-state index in [2.05, 4.69) is 54.4 Å². The molecule has 3 rings (SSSR count). The van der Waals surface area contributed by atoms with Gasteiger partial charge in [0.05, 0.1) is 12.3 Å². The molecular weight excluding hydrogens is 326 g/mol. The lowest BCUT2D eigenvalue weighted by Crippen LogP contribution is -2.27. The first-order valence-corrected chi connectivity index (χ1v) is 8.63. The van der Waals surface area contributed by atoms with Gasteiger partial charge in [0.1, 0.15) is 5.82 Å². The Morgan fingerprint density at radius 1 is 1.00 bits per heavy atom. The fourth-order valence-corrected chi connectivity index (χ4v) is 2.70. The highest BCUT2D eigenvalue weighted by atomic mass is 16.6. The lowest BCUT2D eigenvalue weighted by Gasteiger charge is -2.13. The van der Waals surface area contributed by atoms with Gasteiger partial charge in [-0.05, 0) is 43.0 Å². The number of hydrogen-bond acceptors (Lipinski definition) is 3. The highest BCUT2D eigenvalue weighted by Crippen LogP contribution is 2.27. The summed E-state index contributed by atoms with van der Waals surface area (Å²) in [5.41, 5.74) is 6.70. The molecule has 26 heavy (non-hydrogen) atoms. The van der Waals surface area contributed by atoms with Crippen LogP contribution >= 0.6 is 0 Å². The number of benzene rings is 2. The SMILES string of the molecule is CCOC(=O)N(C)c1cc(-c2ccc(-c3ccc(C)c(C)c3)cc2)n[nH]1. The number of carbonyl (C=O) groups is 1. The molecule has 0 aliphatic heterocycles. The Balaban J connectivity index is 1.81. The van der Waals surface area contributed by atoms with Crippen LogP contribution in [0, 0.1) is 13.8 Å². The first kappa shape index (κ1) is 17.7. The second-order valence-electron chi connectivity index (χ2n) is 6.27. The minimum Gasteiger partial charge on any atom is -0.449 e. The molecule has 0 radical (unpaired) electrons. The van der Waals surface area contributed by atoms with E-state index in [0.717, 1.165) is 16.8 Å². The minimum absolute atomic E-state index is 0.337. The summed E-state index contributed by atoms with van der Waals surface area (Å²) in [5, 5.41) is 7.18. The predicted octanol–water partition coefficient (Wildman–Crippen LogP) is 4.95. The van der Waals surface area contributed by atoms with E-state index in [1.54, 1.807) is 14.0 Å². The van der Waals surface area contributed by atoms with Gasteiger partial charge < -0.3 is 4.74 Å². The third kappa shape index (κ3) is 3.61. The quantitative estimate of drug-likeness (QED) is 0.725. The fourth-order valence-electron chi connectivity index (χ4n) is 2.70. The highest BCUT2D eigenvalue weighted by Gasteiger charge is 2.15. The summed E-state index contributed by atoms with van der Waals surface area (Å²) < 4.78 is 4.99. The molecular formula is C21H23N3O2. The van der Waals surface area contributed by atoms with Crippen LogP contribution in [0.2, 0.25) is 0 Å². The van der Waals surface area contributed by atoms with Crippen LogP contribution in [0.3, 0.4) is 0 Å². The van der Waals surface area contributed by atoms with E-state index in [4.69, 9.17) is 4.74 Å². The van der Waals surface area contributed by atoms with E-state index >= 15 is 0 Å². The van der Waals surface area contributed by atoms with Crippen molar-refractivity contribution in [3.63, 3.8) is 0 Å². The van der Waals surface area contributed by atoms with Gasteiger partial charge >= 0.3 is 6.09 Å². The summed E-state index contributed by atoms with van der Waals surface area (Å²) in [4.78, 5) is 13.2. The van der Waals surface area contributed by atoms with Crippen LogP contribution in [0.25, 0.3) is 22.4 Å². The topological polar surface area (TPSA) is 58.2 Å². The van der Waals surface area contributed by atoms with Crippen LogP contribution in [-0.4, -0.2) is 29.9 Å². The molecule has 0 spiro atoms. The number of H-pyrrole nitrogens is 1. The number of hydrogen-bond donors (Lipinski definition) is 1. The van der Waals surface area contributed by atoms with Crippen molar-refractivity contribution < 1.29 is 9.53 Å². The van der Waals surface area contributed by atoms with Crippen LogP contribution < -0.4 is 4.90 Å². The highest BCUT2D eigenvalue weighted by molar-refractivity contribution is 5.86. The van der Waals surface area contributed by atoms with Gasteiger partial charge in [-0.25, -0.2) is 4.79 Å². The van der Waals surface area contributed by atoms with Crippen molar-refractivity contribution in [2.75, 3.05) is 18.6 Å². The Bertz CT molecular complexity index is 913. The van der Waals surface area contributed by atoms with Crippen LogP contribution in [0.5, 0.6) is 0 Å². The molecule has 5 nitrogen and oxygen atoms in total. The number of nitrogens with one attached hydrogen (secondary N) is 1. The van der Waals surface area contributed by atoms with Gasteiger partial charge in [0.15, 0.2) is 0 Å². The maximum Gasteiger partial charge on any atom is 0.415 e. The van der Waals surface area contributed by atoms with Gasteiger partial charge in [0.25, 0.3) is 0 Å². The van der Waals surface area contributed by atoms with Crippen molar-refractivity contribution in [1.82, 2.24) is 10.2 Å². The molecule has 0 atom stereocenters. The molecule has 0 fully saturated rings. The van der Waals surface area contributed by atoms with Crippen LogP contribution in [0.4, 0.5) is 10.6 Å². The minimum atomic E-state index is -0.409. The smallest absolute Gasteiger partial charge is 0.415 e. The molecule has 2 aromatic carbocycles. The summed E-state index contributed by atoms with van der Waals surface area (Å²) in [6.45, 7) is 6.36. The lowest BCUT2D eigenvalue weighted by atomic mass is 9.99. The van der Waals surface area contributed by atoms with Crippen molar-refractivity contribution in [1.29, 1.82) is 0 Å². The van der Waals surface area contributed by atoms with E-state index in [1.807, 2.05) is 18.2 Å². The predicted molar refractivity (Wildman–Crippen MR) is 104 cm³/mol. The van der Waals surface area contributed by atoms with Crippen molar-refractivity contribution in [3.8, 4) is 22.4 Å². The zero-order chi connectivity index (χ0) is 18.7. The monoisotopic (exact) mass is 349 g/mol. The number of ether oxygens (including phenoxy) is 1. The second kappa shape index (κ2) is 7.44. The number of aromatic nitrogens is 2. The number of anilines is 1. The summed E-state index contributed by atoms with van der Waals surface area (Å²) in [7, 11) is 1.65. The van der Waals surface area contributed by atoms with E-state index in [1.165, 1.54) is 21.6 Å². The molecule has 0 unspecified atom stereocenters. The van der Waals surface area contributed by atoms with Gasteiger partial charge in [-0.1, -0.05) is 42.5 Å². The Morgan fingerprint density at radius 3 is 2.31 bits per heavy atom. The summed E-state index contributed by atoms with van der Waals surface area (Å²) >= 11 is 0. The third-order valence-corrected chi connectivity index (χ3v) is 4.49. The van der Waals surface area contributed by atoms with Gasteiger partial charge in [0.2, 0.25) is 0 Å². The van der Waals surface area contributed by atoms with E-state index in [0.29, 0.717) is 12.4 Å². The molecule has 0 saturated carbocycles. The molecule has 1 amide bonds. The number of amides is 1. The third-order valence-electron chi connectivity index (χ3n) is 4.49. The van der Waals surface area contributed by atoms with Crippen LogP contribution in [0.1, 0.15) is 18.1 Å². The van der Waals surface area contributed by atoms with Gasteiger partial charge in [-0.3, -0.25) is 10.00 Å². The molecule has 0 saturated heterocycles. The normalized spacial score (nSPS) is 10.6. The van der Waals surface area contributed by atoms with Gasteiger partial charge in [-0.2, -0.15) is 5.10 Å². The van der Waals surface area contributed by atoms with E-state index in [-0.39, 0.29) is 0 Å². The summed E-state index contributed by atoms with van der Waals surface area (Å²) in [6, 6.07) is 16.6. The fraction of sp³-hybridized carbons (Fsp3) is 0.238. The molecule has 0 aliphatic rings. The lowest BCUT2D eigenvalue weighted by molar-refractivity contribution is 0.161. The molecule has 5 heteroatoms. The summed E-state index contributed by atoms with van der Waals surface area (Å²) in [5.74, 6) is 0.594. The second-order valence-corrected chi connectivity index (χ2v) is 6.27. The summed E-state index contributed by atoms with van der Waals surface area (Å²) in [6.07, 6.45) is -0.409. The molecule has 134 valence electrons. The molecule has 0 bridgehead atoms. The molecule has 0 aliphatic carbocycles. The number of nitrogens with zero attached hydrogens (tertiary/aromatic N) is 2. The van der Waals surface area contributed by atoms with E-state index < -0.39 is 6.09 Å². The van der Waals surface area contributed by atoms with Crippen molar-refractivity contribution in [3.05, 3.63) is 59.7 Å². The molecule has 1 heterocycles. The van der Waals surface area contributed by atoms with Crippen molar-refractivity contribution in [2.24, 2.45) is 0 Å². The Kier molecular flexibility index (Phi) is 5.07. The maximum atomic E-state index is 11.8. The van der Waals surface area contributed by atoms with Crippen molar-refractivity contribution >= 4 is 11.9 Å². The number of carbonyl (C=O) groups excluding carboxylic acids is 1. The van der Waals surface area contributed by atoms with Crippen LogP contribution in [-0.2, 0) is 4.74 Å². The Labute approximate surface area is 153 Å². The first-order valence-electron chi connectivity index (χ1n) is 8.63. The number of aryl methyl sites for hydroxylation is 2. The number of rotatable bonds is 4. The molecule has 1 aromatic heterocycles.